The van der Waals surface area contributed by atoms with Gasteiger partial charge in [-0.15, -0.1) is 0 Å². The number of hydrogen-bond donors (Lipinski definition) is 1. The summed E-state index contributed by atoms with van der Waals surface area (Å²) in [6.45, 7) is 1.50. The number of anilines is 1. The molecule has 1 saturated heterocycles. The summed E-state index contributed by atoms with van der Waals surface area (Å²) in [5.41, 5.74) is 1.42. The number of hydrogen-bond acceptors (Lipinski definition) is 4. The van der Waals surface area contributed by atoms with E-state index in [1.165, 1.54) is 0 Å². The zero-order valence-corrected chi connectivity index (χ0v) is 9.11. The minimum Gasteiger partial charge on any atom is -0.381 e. The van der Waals surface area contributed by atoms with E-state index in [1.54, 1.807) is 4.68 Å². The smallest absolute Gasteiger partial charge is 0.186 e. The van der Waals surface area contributed by atoms with Gasteiger partial charge in [0.25, 0.3) is 0 Å². The van der Waals surface area contributed by atoms with Crippen molar-refractivity contribution in [2.24, 2.45) is 0 Å². The van der Waals surface area contributed by atoms with Crippen LogP contribution >= 0.6 is 0 Å². The standard InChI is InChI=1S/C11H15N3O2/c15-9-4-5-12-8-7-14(13-11(8)9)10-3-1-2-6-16-10/h7,10,12H,1-6H2. The van der Waals surface area contributed by atoms with E-state index in [-0.39, 0.29) is 12.0 Å². The lowest BCUT2D eigenvalue weighted by Gasteiger charge is -2.22. The molecule has 1 fully saturated rings. The molecule has 0 aromatic carbocycles. The third-order valence-corrected chi connectivity index (χ3v) is 3.11. The Kier molecular flexibility index (Phi) is 2.40. The topological polar surface area (TPSA) is 56.2 Å². The molecule has 0 amide bonds. The second kappa shape index (κ2) is 3.90. The first-order valence-electron chi connectivity index (χ1n) is 5.82. The van der Waals surface area contributed by atoms with Crippen molar-refractivity contribution < 1.29 is 9.53 Å². The Bertz CT molecular complexity index is 407. The molecule has 0 radical (unpaired) electrons. The number of ketones is 1. The molecular formula is C11H15N3O2. The molecule has 3 rings (SSSR count). The second-order valence-corrected chi connectivity index (χ2v) is 4.29. The van der Waals surface area contributed by atoms with Gasteiger partial charge in [-0.1, -0.05) is 0 Å². The summed E-state index contributed by atoms with van der Waals surface area (Å²) in [7, 11) is 0. The Morgan fingerprint density at radius 3 is 3.19 bits per heavy atom. The molecular weight excluding hydrogens is 206 g/mol. The predicted molar refractivity (Wildman–Crippen MR) is 58.5 cm³/mol. The summed E-state index contributed by atoms with van der Waals surface area (Å²) in [5, 5.41) is 7.53. The molecule has 0 bridgehead atoms. The fourth-order valence-corrected chi connectivity index (χ4v) is 2.24. The summed E-state index contributed by atoms with van der Waals surface area (Å²) < 4.78 is 7.43. The van der Waals surface area contributed by atoms with Gasteiger partial charge < -0.3 is 10.1 Å². The fourth-order valence-electron chi connectivity index (χ4n) is 2.24. The Morgan fingerprint density at radius 2 is 2.44 bits per heavy atom. The van der Waals surface area contributed by atoms with Gasteiger partial charge in [0.2, 0.25) is 0 Å². The van der Waals surface area contributed by atoms with Crippen LogP contribution in [-0.4, -0.2) is 28.7 Å². The molecule has 3 heterocycles. The molecule has 86 valence electrons. The van der Waals surface area contributed by atoms with E-state index in [2.05, 4.69) is 10.4 Å². The number of carbonyl (C=O) groups excluding carboxylic acids is 1. The monoisotopic (exact) mass is 221 g/mol. The SMILES string of the molecule is O=C1CCNc2cn(C3CCCCO3)nc21. The van der Waals surface area contributed by atoms with Crippen LogP contribution < -0.4 is 5.32 Å². The molecule has 5 nitrogen and oxygen atoms in total. The number of nitrogens with zero attached hydrogens (tertiary/aromatic N) is 2. The molecule has 1 N–H and O–H groups in total. The lowest BCUT2D eigenvalue weighted by molar-refractivity contribution is -0.0395. The first-order valence-corrected chi connectivity index (χ1v) is 5.82. The Hall–Kier alpha value is -1.36. The molecule has 1 atom stereocenters. The average Bonchev–Trinajstić information content (AvgIpc) is 2.76. The van der Waals surface area contributed by atoms with Crippen LogP contribution in [0.4, 0.5) is 5.69 Å². The van der Waals surface area contributed by atoms with Crippen LogP contribution in [0.1, 0.15) is 42.4 Å². The van der Waals surface area contributed by atoms with E-state index in [1.807, 2.05) is 6.20 Å². The Balaban J connectivity index is 1.88. The average molecular weight is 221 g/mol. The summed E-state index contributed by atoms with van der Waals surface area (Å²) >= 11 is 0. The fraction of sp³-hybridized carbons (Fsp3) is 0.636. The Morgan fingerprint density at radius 1 is 1.50 bits per heavy atom. The highest BCUT2D eigenvalue weighted by atomic mass is 16.5. The molecule has 5 heteroatoms. The molecule has 2 aliphatic heterocycles. The van der Waals surface area contributed by atoms with Crippen molar-refractivity contribution in [1.82, 2.24) is 9.78 Å². The first-order chi connectivity index (χ1) is 7.84. The third kappa shape index (κ3) is 1.61. The van der Waals surface area contributed by atoms with E-state index >= 15 is 0 Å². The number of aromatic nitrogens is 2. The predicted octanol–water partition coefficient (Wildman–Crippen LogP) is 1.58. The van der Waals surface area contributed by atoms with Crippen LogP contribution in [-0.2, 0) is 4.74 Å². The van der Waals surface area contributed by atoms with E-state index in [9.17, 15) is 4.79 Å². The van der Waals surface area contributed by atoms with E-state index < -0.39 is 0 Å². The van der Waals surface area contributed by atoms with E-state index in [0.29, 0.717) is 18.7 Å². The maximum Gasteiger partial charge on any atom is 0.186 e. The summed E-state index contributed by atoms with van der Waals surface area (Å²) in [5.74, 6) is 0.128. The maximum atomic E-state index is 11.6. The van der Waals surface area contributed by atoms with Gasteiger partial charge >= 0.3 is 0 Å². The zero-order valence-electron chi connectivity index (χ0n) is 9.11. The number of carbonyl (C=O) groups is 1. The van der Waals surface area contributed by atoms with Gasteiger partial charge in [0.1, 0.15) is 6.23 Å². The van der Waals surface area contributed by atoms with E-state index in [0.717, 1.165) is 31.6 Å². The van der Waals surface area contributed by atoms with Crippen molar-refractivity contribution in [3.63, 3.8) is 0 Å². The molecule has 0 spiro atoms. The van der Waals surface area contributed by atoms with Crippen LogP contribution in [0.5, 0.6) is 0 Å². The van der Waals surface area contributed by atoms with Gasteiger partial charge in [0.05, 0.1) is 11.9 Å². The van der Waals surface area contributed by atoms with Gasteiger partial charge in [-0.3, -0.25) is 4.79 Å². The van der Waals surface area contributed by atoms with Crippen molar-refractivity contribution in [2.75, 3.05) is 18.5 Å². The highest BCUT2D eigenvalue weighted by Crippen LogP contribution is 2.26. The van der Waals surface area contributed by atoms with Gasteiger partial charge in [-0.25, -0.2) is 4.68 Å². The van der Waals surface area contributed by atoms with Crippen LogP contribution in [0.2, 0.25) is 0 Å². The highest BCUT2D eigenvalue weighted by Gasteiger charge is 2.24. The van der Waals surface area contributed by atoms with Crippen molar-refractivity contribution in [3.05, 3.63) is 11.9 Å². The summed E-state index contributed by atoms with van der Waals surface area (Å²) in [4.78, 5) is 11.6. The largest absolute Gasteiger partial charge is 0.381 e. The van der Waals surface area contributed by atoms with Crippen molar-refractivity contribution in [1.29, 1.82) is 0 Å². The molecule has 1 aromatic rings. The minimum atomic E-state index is 0.00829. The summed E-state index contributed by atoms with van der Waals surface area (Å²) in [6, 6.07) is 0. The second-order valence-electron chi connectivity index (χ2n) is 4.29. The third-order valence-electron chi connectivity index (χ3n) is 3.11. The van der Waals surface area contributed by atoms with Crippen LogP contribution in [0.15, 0.2) is 6.20 Å². The van der Waals surface area contributed by atoms with Crippen LogP contribution in [0.25, 0.3) is 0 Å². The first kappa shape index (κ1) is 9.84. The van der Waals surface area contributed by atoms with Gasteiger partial charge in [-0.2, -0.15) is 5.10 Å². The molecule has 1 aromatic heterocycles. The minimum absolute atomic E-state index is 0.00829. The van der Waals surface area contributed by atoms with Crippen LogP contribution in [0, 0.1) is 0 Å². The van der Waals surface area contributed by atoms with E-state index in [4.69, 9.17) is 4.74 Å². The van der Waals surface area contributed by atoms with Gasteiger partial charge in [0, 0.05) is 19.6 Å². The molecule has 2 aliphatic rings. The number of rotatable bonds is 1. The molecule has 1 unspecified atom stereocenters. The number of fused-ring (bicyclic) bond motifs is 1. The lowest BCUT2D eigenvalue weighted by atomic mass is 10.1. The molecule has 16 heavy (non-hydrogen) atoms. The Labute approximate surface area is 93.8 Å². The lowest BCUT2D eigenvalue weighted by Crippen LogP contribution is -2.19. The zero-order chi connectivity index (χ0) is 11.0. The number of Topliss-reactive ketones (excluding diaryl/α,β-unsaturated/α-hetero) is 1. The summed E-state index contributed by atoms with van der Waals surface area (Å²) in [6.07, 6.45) is 5.70. The van der Waals surface area contributed by atoms with Crippen molar-refractivity contribution in [2.45, 2.75) is 31.9 Å². The van der Waals surface area contributed by atoms with Gasteiger partial charge in [-0.05, 0) is 19.3 Å². The van der Waals surface area contributed by atoms with Crippen molar-refractivity contribution in [3.8, 4) is 0 Å². The highest BCUT2D eigenvalue weighted by molar-refractivity contribution is 6.01. The maximum absolute atomic E-state index is 11.6. The molecule has 0 aliphatic carbocycles. The number of nitrogens with one attached hydrogen (secondary N) is 1. The molecule has 0 saturated carbocycles. The van der Waals surface area contributed by atoms with Crippen molar-refractivity contribution >= 4 is 11.5 Å². The van der Waals surface area contributed by atoms with Crippen LogP contribution in [0.3, 0.4) is 0 Å². The normalized spacial score (nSPS) is 25.0. The van der Waals surface area contributed by atoms with Gasteiger partial charge in [0.15, 0.2) is 11.5 Å². The number of ether oxygens (including phenoxy) is 1. The quantitative estimate of drug-likeness (QED) is 0.782.